The van der Waals surface area contributed by atoms with Gasteiger partial charge in [-0.3, -0.25) is 4.79 Å². The SMILES string of the molecule is CCCC(NC(=O)c1oc(C)nc1C)c1nccn1C. The molecule has 0 radical (unpaired) electrons. The summed E-state index contributed by atoms with van der Waals surface area (Å²) >= 11 is 0. The summed E-state index contributed by atoms with van der Waals surface area (Å²) in [6.07, 6.45) is 5.37. The number of nitrogens with one attached hydrogen (secondary N) is 1. The van der Waals surface area contributed by atoms with Gasteiger partial charge in [0.2, 0.25) is 5.76 Å². The lowest BCUT2D eigenvalue weighted by atomic mass is 10.1. The Morgan fingerprint density at radius 1 is 1.50 bits per heavy atom. The Labute approximate surface area is 118 Å². The molecule has 6 heteroatoms. The molecule has 2 rings (SSSR count). The summed E-state index contributed by atoms with van der Waals surface area (Å²) in [5, 5.41) is 2.98. The number of hydrogen-bond acceptors (Lipinski definition) is 4. The quantitative estimate of drug-likeness (QED) is 0.909. The molecule has 1 N–H and O–H groups in total. The van der Waals surface area contributed by atoms with Crippen molar-refractivity contribution in [2.45, 2.75) is 39.7 Å². The summed E-state index contributed by atoms with van der Waals surface area (Å²) in [6.45, 7) is 5.57. The lowest BCUT2D eigenvalue weighted by Crippen LogP contribution is -2.30. The molecular formula is C14H20N4O2. The van der Waals surface area contributed by atoms with Gasteiger partial charge in [-0.2, -0.15) is 0 Å². The van der Waals surface area contributed by atoms with Crippen LogP contribution in [0.2, 0.25) is 0 Å². The second-order valence-electron chi connectivity index (χ2n) is 4.86. The van der Waals surface area contributed by atoms with E-state index in [-0.39, 0.29) is 17.7 Å². The molecule has 0 aliphatic rings. The van der Waals surface area contributed by atoms with Gasteiger partial charge in [-0.25, -0.2) is 9.97 Å². The smallest absolute Gasteiger partial charge is 0.289 e. The summed E-state index contributed by atoms with van der Waals surface area (Å²) in [7, 11) is 1.92. The van der Waals surface area contributed by atoms with E-state index in [0.717, 1.165) is 18.7 Å². The number of rotatable bonds is 5. The highest BCUT2D eigenvalue weighted by atomic mass is 16.4. The van der Waals surface area contributed by atoms with Gasteiger partial charge < -0.3 is 14.3 Å². The number of carbonyl (C=O) groups excluding carboxylic acids is 1. The van der Waals surface area contributed by atoms with Crippen LogP contribution in [0.4, 0.5) is 0 Å². The fourth-order valence-corrected chi connectivity index (χ4v) is 2.23. The molecular weight excluding hydrogens is 256 g/mol. The molecule has 1 atom stereocenters. The minimum atomic E-state index is -0.246. The number of nitrogens with zero attached hydrogens (tertiary/aromatic N) is 3. The summed E-state index contributed by atoms with van der Waals surface area (Å²) in [4.78, 5) is 20.7. The highest BCUT2D eigenvalue weighted by Crippen LogP contribution is 2.18. The molecule has 0 saturated heterocycles. The van der Waals surface area contributed by atoms with Crippen molar-refractivity contribution in [2.75, 3.05) is 0 Å². The fourth-order valence-electron chi connectivity index (χ4n) is 2.23. The Morgan fingerprint density at radius 2 is 2.25 bits per heavy atom. The summed E-state index contributed by atoms with van der Waals surface area (Å²) in [5.41, 5.74) is 0.607. The molecule has 0 aliphatic heterocycles. The molecule has 0 fully saturated rings. The monoisotopic (exact) mass is 276 g/mol. The van der Waals surface area contributed by atoms with Crippen LogP contribution in [0.15, 0.2) is 16.8 Å². The van der Waals surface area contributed by atoms with Crippen LogP contribution in [-0.2, 0) is 7.05 Å². The molecule has 0 aromatic carbocycles. The molecule has 1 amide bonds. The van der Waals surface area contributed by atoms with Gasteiger partial charge in [-0.05, 0) is 13.3 Å². The topological polar surface area (TPSA) is 73.0 Å². The molecule has 1 unspecified atom stereocenters. The minimum absolute atomic E-state index is 0.127. The highest BCUT2D eigenvalue weighted by Gasteiger charge is 2.22. The van der Waals surface area contributed by atoms with Crippen LogP contribution >= 0.6 is 0 Å². The lowest BCUT2D eigenvalue weighted by Gasteiger charge is -2.17. The van der Waals surface area contributed by atoms with Crippen LogP contribution in [-0.4, -0.2) is 20.4 Å². The van der Waals surface area contributed by atoms with Crippen molar-refractivity contribution < 1.29 is 9.21 Å². The highest BCUT2D eigenvalue weighted by molar-refractivity contribution is 5.92. The van der Waals surface area contributed by atoms with E-state index >= 15 is 0 Å². The maximum atomic E-state index is 12.3. The first-order valence-corrected chi connectivity index (χ1v) is 6.75. The number of imidazole rings is 1. The summed E-state index contributed by atoms with van der Waals surface area (Å²) in [5.74, 6) is 1.37. The number of hydrogen-bond donors (Lipinski definition) is 1. The van der Waals surface area contributed by atoms with Gasteiger partial charge in [0.15, 0.2) is 5.89 Å². The first kappa shape index (κ1) is 14.3. The molecule has 0 spiro atoms. The van der Waals surface area contributed by atoms with Crippen LogP contribution in [0.3, 0.4) is 0 Å². The normalized spacial score (nSPS) is 12.4. The predicted molar refractivity (Wildman–Crippen MR) is 74.3 cm³/mol. The Bertz CT molecular complexity index is 600. The third-order valence-corrected chi connectivity index (χ3v) is 3.16. The molecule has 2 aromatic heterocycles. The van der Waals surface area contributed by atoms with E-state index in [1.165, 1.54) is 0 Å². The van der Waals surface area contributed by atoms with Crippen molar-refractivity contribution in [2.24, 2.45) is 7.05 Å². The van der Waals surface area contributed by atoms with Gasteiger partial charge in [0, 0.05) is 26.4 Å². The predicted octanol–water partition coefficient (Wildman–Crippen LogP) is 2.30. The largest absolute Gasteiger partial charge is 0.436 e. The van der Waals surface area contributed by atoms with E-state index in [2.05, 4.69) is 22.2 Å². The minimum Gasteiger partial charge on any atom is -0.436 e. The van der Waals surface area contributed by atoms with Gasteiger partial charge in [0.05, 0.1) is 11.7 Å². The number of amides is 1. The Morgan fingerprint density at radius 3 is 2.75 bits per heavy atom. The number of aryl methyl sites for hydroxylation is 3. The van der Waals surface area contributed by atoms with E-state index in [1.807, 2.05) is 17.8 Å². The fraction of sp³-hybridized carbons (Fsp3) is 0.500. The van der Waals surface area contributed by atoms with E-state index < -0.39 is 0 Å². The second kappa shape index (κ2) is 5.90. The van der Waals surface area contributed by atoms with Crippen molar-refractivity contribution in [3.8, 4) is 0 Å². The van der Waals surface area contributed by atoms with E-state index in [1.54, 1.807) is 20.0 Å². The molecule has 108 valence electrons. The Hall–Kier alpha value is -2.11. The second-order valence-corrected chi connectivity index (χ2v) is 4.86. The van der Waals surface area contributed by atoms with Gasteiger partial charge in [0.25, 0.3) is 5.91 Å². The lowest BCUT2D eigenvalue weighted by molar-refractivity contribution is 0.0901. The van der Waals surface area contributed by atoms with Gasteiger partial charge in [0.1, 0.15) is 5.82 Å². The molecule has 0 bridgehead atoms. The number of oxazole rings is 1. The third kappa shape index (κ3) is 2.89. The molecule has 6 nitrogen and oxygen atoms in total. The average Bonchev–Trinajstić information content (AvgIpc) is 2.94. The zero-order chi connectivity index (χ0) is 14.7. The molecule has 0 aliphatic carbocycles. The zero-order valence-corrected chi connectivity index (χ0v) is 12.3. The van der Waals surface area contributed by atoms with Gasteiger partial charge in [-0.1, -0.05) is 13.3 Å². The molecule has 2 heterocycles. The van der Waals surface area contributed by atoms with Crippen LogP contribution in [0.25, 0.3) is 0 Å². The zero-order valence-electron chi connectivity index (χ0n) is 12.3. The number of aromatic nitrogens is 3. The van der Waals surface area contributed by atoms with E-state index in [9.17, 15) is 4.79 Å². The maximum absolute atomic E-state index is 12.3. The van der Waals surface area contributed by atoms with Crippen molar-refractivity contribution >= 4 is 5.91 Å². The van der Waals surface area contributed by atoms with Crippen LogP contribution in [0, 0.1) is 13.8 Å². The molecule has 0 saturated carbocycles. The first-order valence-electron chi connectivity index (χ1n) is 6.75. The van der Waals surface area contributed by atoms with Crippen LogP contribution in [0.1, 0.15) is 53.8 Å². The van der Waals surface area contributed by atoms with E-state index in [0.29, 0.717) is 11.6 Å². The Balaban J connectivity index is 2.18. The molecule has 2 aromatic rings. The average molecular weight is 276 g/mol. The van der Waals surface area contributed by atoms with Crippen molar-refractivity contribution in [1.29, 1.82) is 0 Å². The summed E-state index contributed by atoms with van der Waals surface area (Å²) < 4.78 is 7.27. The van der Waals surface area contributed by atoms with Crippen LogP contribution in [0.5, 0.6) is 0 Å². The van der Waals surface area contributed by atoms with Gasteiger partial charge >= 0.3 is 0 Å². The van der Waals surface area contributed by atoms with Crippen molar-refractivity contribution in [1.82, 2.24) is 19.9 Å². The standard InChI is InChI=1S/C14H20N4O2/c1-5-6-11(13-15-7-8-18(13)4)17-14(19)12-9(2)16-10(3)20-12/h7-8,11H,5-6H2,1-4H3,(H,17,19). The van der Waals surface area contributed by atoms with Crippen molar-refractivity contribution in [3.63, 3.8) is 0 Å². The maximum Gasteiger partial charge on any atom is 0.289 e. The van der Waals surface area contributed by atoms with E-state index in [4.69, 9.17) is 4.42 Å². The third-order valence-electron chi connectivity index (χ3n) is 3.16. The van der Waals surface area contributed by atoms with Gasteiger partial charge in [-0.15, -0.1) is 0 Å². The molecule has 20 heavy (non-hydrogen) atoms. The number of carbonyl (C=O) groups is 1. The summed E-state index contributed by atoms with van der Waals surface area (Å²) in [6, 6.07) is -0.127. The Kier molecular flexibility index (Phi) is 4.22. The van der Waals surface area contributed by atoms with Crippen molar-refractivity contribution in [3.05, 3.63) is 35.6 Å². The first-order chi connectivity index (χ1) is 9.52. The van der Waals surface area contributed by atoms with Crippen LogP contribution < -0.4 is 5.32 Å².